The number of hydrogen-bond acceptors (Lipinski definition) is 5. The molecule has 2 aromatic rings. The number of likely N-dealkylation sites (tertiary alicyclic amines) is 1. The van der Waals surface area contributed by atoms with E-state index in [1.807, 2.05) is 7.05 Å². The van der Waals surface area contributed by atoms with Crippen molar-refractivity contribution in [2.75, 3.05) is 38.7 Å². The molecule has 2 saturated heterocycles. The first kappa shape index (κ1) is 27.5. The third-order valence-corrected chi connectivity index (χ3v) is 8.09. The number of aromatic nitrogens is 1. The van der Waals surface area contributed by atoms with Gasteiger partial charge in [-0.25, -0.2) is 13.2 Å². The highest BCUT2D eigenvalue weighted by Gasteiger charge is 2.59. The van der Waals surface area contributed by atoms with Crippen LogP contribution in [0.1, 0.15) is 47.3 Å². The average Bonchev–Trinajstić information content (AvgIpc) is 3.21. The molecule has 0 bridgehead atoms. The fourth-order valence-electron chi connectivity index (χ4n) is 5.83. The number of piperidine rings is 1. The number of nitrogens with zero attached hydrogens (tertiary/aromatic N) is 2. The maximum Gasteiger partial charge on any atom is 0.414 e. The van der Waals surface area contributed by atoms with Gasteiger partial charge in [0, 0.05) is 50.0 Å². The molecule has 5 atom stereocenters. The fraction of sp³-hybridized carbons (Fsp3) is 0.538. The van der Waals surface area contributed by atoms with Gasteiger partial charge in [-0.3, -0.25) is 14.2 Å². The van der Waals surface area contributed by atoms with E-state index in [1.54, 1.807) is 0 Å². The van der Waals surface area contributed by atoms with E-state index in [9.17, 15) is 35.9 Å². The SMILES string of the molecule is C[C@@H](NC(=O)c1cn([C@@]2(C(F)(F)F)CCOC2)c(=O)cc1NC1[C@H]2CN(C)C[C@@H]12)c1cccc(C(F)F)c1F. The van der Waals surface area contributed by atoms with E-state index in [0.29, 0.717) is 4.57 Å². The summed E-state index contributed by atoms with van der Waals surface area (Å²) in [5.41, 5.74) is -4.84. The number of anilines is 1. The number of nitrogens with one attached hydrogen (secondary N) is 2. The van der Waals surface area contributed by atoms with Gasteiger partial charge in [-0.2, -0.15) is 13.2 Å². The van der Waals surface area contributed by atoms with E-state index in [1.165, 1.54) is 19.1 Å². The molecular formula is C26H28F6N4O3. The quantitative estimate of drug-likeness (QED) is 0.502. The summed E-state index contributed by atoms with van der Waals surface area (Å²) in [6.45, 7) is 1.96. The van der Waals surface area contributed by atoms with E-state index in [4.69, 9.17) is 4.74 Å². The second-order valence-electron chi connectivity index (χ2n) is 10.6. The predicted molar refractivity (Wildman–Crippen MR) is 129 cm³/mol. The fourth-order valence-corrected chi connectivity index (χ4v) is 5.83. The Morgan fingerprint density at radius 3 is 2.44 bits per heavy atom. The van der Waals surface area contributed by atoms with Crippen LogP contribution >= 0.6 is 0 Å². The summed E-state index contributed by atoms with van der Waals surface area (Å²) in [5.74, 6) is -1.54. The monoisotopic (exact) mass is 558 g/mol. The van der Waals surface area contributed by atoms with Gasteiger partial charge in [-0.05, 0) is 25.8 Å². The van der Waals surface area contributed by atoms with Crippen LogP contribution in [0.5, 0.6) is 0 Å². The summed E-state index contributed by atoms with van der Waals surface area (Å²) < 4.78 is 89.3. The van der Waals surface area contributed by atoms with E-state index in [2.05, 4.69) is 15.5 Å². The van der Waals surface area contributed by atoms with Crippen LogP contribution in [0.15, 0.2) is 35.3 Å². The van der Waals surface area contributed by atoms with E-state index in [-0.39, 0.29) is 41.3 Å². The van der Waals surface area contributed by atoms with E-state index < -0.39 is 60.1 Å². The summed E-state index contributed by atoms with van der Waals surface area (Å²) in [5, 5.41) is 5.66. The average molecular weight is 559 g/mol. The van der Waals surface area contributed by atoms with Crippen molar-refractivity contribution in [3.63, 3.8) is 0 Å². The van der Waals surface area contributed by atoms with Crippen molar-refractivity contribution in [2.45, 2.75) is 43.6 Å². The second-order valence-corrected chi connectivity index (χ2v) is 10.6. The molecule has 3 aliphatic rings. The molecule has 2 N–H and O–H groups in total. The summed E-state index contributed by atoms with van der Waals surface area (Å²) in [7, 11) is 1.97. The molecule has 212 valence electrons. The van der Waals surface area contributed by atoms with Crippen LogP contribution in [0.3, 0.4) is 0 Å². The number of alkyl halides is 5. The molecule has 2 aliphatic heterocycles. The minimum absolute atomic E-state index is 0.0565. The third-order valence-electron chi connectivity index (χ3n) is 8.09. The molecule has 1 aromatic heterocycles. The largest absolute Gasteiger partial charge is 0.414 e. The van der Waals surface area contributed by atoms with Crippen LogP contribution in [0.25, 0.3) is 0 Å². The Morgan fingerprint density at radius 2 is 1.85 bits per heavy atom. The van der Waals surface area contributed by atoms with Crippen LogP contribution in [0.2, 0.25) is 0 Å². The maximum absolute atomic E-state index is 14.7. The Labute approximate surface area is 220 Å². The Balaban J connectivity index is 1.51. The predicted octanol–water partition coefficient (Wildman–Crippen LogP) is 4.07. The highest BCUT2D eigenvalue weighted by molar-refractivity contribution is 5.99. The Morgan fingerprint density at radius 1 is 1.18 bits per heavy atom. The first-order chi connectivity index (χ1) is 18.3. The molecule has 1 saturated carbocycles. The lowest BCUT2D eigenvalue weighted by Gasteiger charge is -2.33. The highest BCUT2D eigenvalue weighted by Crippen LogP contribution is 2.47. The third kappa shape index (κ3) is 4.79. The minimum atomic E-state index is -4.85. The van der Waals surface area contributed by atoms with E-state index >= 15 is 0 Å². The normalized spacial score (nSPS) is 27.5. The zero-order chi connectivity index (χ0) is 28.3. The number of carbonyl (C=O) groups is 1. The lowest BCUT2D eigenvalue weighted by molar-refractivity contribution is -0.214. The van der Waals surface area contributed by atoms with E-state index in [0.717, 1.165) is 31.4 Å². The minimum Gasteiger partial charge on any atom is -0.381 e. The standard InChI is InChI=1S/C26H28F6N4O3/c1-13(14-4-3-5-15(21(14)27)23(28)29)33-24(38)18-11-36(25(26(30,31)32)6-7-39-12-25)20(37)8-19(18)34-22-16-9-35(2)10-17(16)22/h3-5,8,11,13,16-17,22-23,34H,6-7,9-10,12H2,1-2H3,(H,33,38)/t13-,16-,17+,22?,25+/m1/s1. The molecule has 1 unspecified atom stereocenters. The number of benzene rings is 1. The van der Waals surface area contributed by atoms with Crippen molar-refractivity contribution in [2.24, 2.45) is 11.8 Å². The maximum atomic E-state index is 14.7. The highest BCUT2D eigenvalue weighted by atomic mass is 19.4. The molecule has 1 aromatic carbocycles. The van der Waals surface area contributed by atoms with Crippen LogP contribution in [0.4, 0.5) is 32.0 Å². The smallest absolute Gasteiger partial charge is 0.381 e. The van der Waals surface area contributed by atoms with Crippen molar-refractivity contribution >= 4 is 11.6 Å². The number of fused-ring (bicyclic) bond motifs is 1. The molecule has 0 radical (unpaired) electrons. The summed E-state index contributed by atoms with van der Waals surface area (Å²) in [6.07, 6.45) is -7.56. The van der Waals surface area contributed by atoms with Crippen molar-refractivity contribution in [1.29, 1.82) is 0 Å². The molecule has 3 heterocycles. The van der Waals surface area contributed by atoms with Gasteiger partial charge < -0.3 is 20.3 Å². The van der Waals surface area contributed by atoms with Gasteiger partial charge in [0.15, 0.2) is 5.54 Å². The molecule has 39 heavy (non-hydrogen) atoms. The number of hydrogen-bond donors (Lipinski definition) is 2. The molecule has 5 rings (SSSR count). The molecule has 1 aliphatic carbocycles. The first-order valence-electron chi connectivity index (χ1n) is 12.6. The zero-order valence-corrected chi connectivity index (χ0v) is 21.2. The molecule has 1 amide bonds. The van der Waals surface area contributed by atoms with Gasteiger partial charge in [-0.1, -0.05) is 18.2 Å². The summed E-state index contributed by atoms with van der Waals surface area (Å²) in [4.78, 5) is 28.6. The van der Waals surface area contributed by atoms with Crippen molar-refractivity contribution in [3.8, 4) is 0 Å². The van der Waals surface area contributed by atoms with Crippen molar-refractivity contribution < 1.29 is 35.9 Å². The Kier molecular flexibility index (Phi) is 6.94. The Hall–Kier alpha value is -3.06. The van der Waals surface area contributed by atoms with Crippen molar-refractivity contribution in [1.82, 2.24) is 14.8 Å². The number of amides is 1. The summed E-state index contributed by atoms with van der Waals surface area (Å²) in [6, 6.07) is 3.20. The number of pyridine rings is 1. The molecular weight excluding hydrogens is 530 g/mol. The number of rotatable bonds is 7. The molecule has 13 heteroatoms. The molecule has 0 spiro atoms. The second kappa shape index (κ2) is 9.84. The number of ether oxygens (including phenoxy) is 1. The summed E-state index contributed by atoms with van der Waals surface area (Å²) >= 11 is 0. The topological polar surface area (TPSA) is 75.6 Å². The first-order valence-corrected chi connectivity index (χ1v) is 12.6. The van der Waals surface area contributed by atoms with Gasteiger partial charge >= 0.3 is 6.18 Å². The van der Waals surface area contributed by atoms with Crippen LogP contribution in [-0.4, -0.2) is 60.9 Å². The Bertz CT molecular complexity index is 1310. The van der Waals surface area contributed by atoms with Crippen molar-refractivity contribution in [3.05, 3.63) is 63.3 Å². The zero-order valence-electron chi connectivity index (χ0n) is 21.2. The van der Waals surface area contributed by atoms with Crippen LogP contribution in [0, 0.1) is 17.7 Å². The van der Waals surface area contributed by atoms with Gasteiger partial charge in [-0.15, -0.1) is 0 Å². The number of halogens is 6. The number of carbonyl (C=O) groups excluding carboxylic acids is 1. The van der Waals surface area contributed by atoms with Gasteiger partial charge in [0.05, 0.1) is 29.5 Å². The van der Waals surface area contributed by atoms with Gasteiger partial charge in [0.1, 0.15) is 5.82 Å². The lowest BCUT2D eigenvalue weighted by atomic mass is 9.96. The van der Waals surface area contributed by atoms with Crippen LogP contribution in [-0.2, 0) is 10.3 Å². The van der Waals surface area contributed by atoms with Gasteiger partial charge in [0.2, 0.25) is 0 Å². The van der Waals surface area contributed by atoms with Crippen LogP contribution < -0.4 is 16.2 Å². The van der Waals surface area contributed by atoms with Gasteiger partial charge in [0.25, 0.3) is 17.9 Å². The molecule has 3 fully saturated rings. The molecule has 7 nitrogen and oxygen atoms in total. The lowest BCUT2D eigenvalue weighted by Crippen LogP contribution is -2.52.